The Labute approximate surface area is 275 Å². The molecule has 1 N–H and O–H groups in total. The van der Waals surface area contributed by atoms with Crippen LogP contribution in [0.2, 0.25) is 0 Å². The van der Waals surface area contributed by atoms with Crippen molar-refractivity contribution < 1.29 is 22.7 Å². The summed E-state index contributed by atoms with van der Waals surface area (Å²) >= 11 is 0. The van der Waals surface area contributed by atoms with Gasteiger partial charge in [0.2, 0.25) is 12.7 Å². The number of hydrogen-bond donors (Lipinski definition) is 1. The van der Waals surface area contributed by atoms with Crippen LogP contribution in [0.5, 0.6) is 11.5 Å². The van der Waals surface area contributed by atoms with Crippen molar-refractivity contribution in [2.45, 2.75) is 57.8 Å². The van der Waals surface area contributed by atoms with Crippen molar-refractivity contribution in [2.75, 3.05) is 6.79 Å². The Morgan fingerprint density at radius 2 is 1.47 bits per heavy atom. The largest absolute Gasteiger partial charge is 0.454 e. The first kappa shape index (κ1) is 32.0. The number of carbonyl (C=O) groups excluding carboxylic acids is 1. The number of fused-ring (bicyclic) bond motifs is 1. The fourth-order valence-electron chi connectivity index (χ4n) is 5.80. The lowest BCUT2D eigenvalue weighted by atomic mass is 10.1. The highest BCUT2D eigenvalue weighted by Crippen LogP contribution is 2.35. The van der Waals surface area contributed by atoms with Crippen LogP contribution < -0.4 is 14.2 Å². The minimum atomic E-state index is -3.93. The van der Waals surface area contributed by atoms with Gasteiger partial charge in [-0.1, -0.05) is 92.2 Å². The smallest absolute Gasteiger partial charge is 0.264 e. The van der Waals surface area contributed by atoms with Crippen molar-refractivity contribution in [1.82, 2.24) is 19.2 Å². The van der Waals surface area contributed by atoms with Crippen molar-refractivity contribution in [3.05, 3.63) is 120 Å². The fourth-order valence-corrected chi connectivity index (χ4v) is 6.79. The van der Waals surface area contributed by atoms with Gasteiger partial charge >= 0.3 is 0 Å². The monoisotopic (exact) mass is 650 g/mol. The predicted octanol–water partition coefficient (Wildman–Crippen LogP) is 6.77. The first-order chi connectivity index (χ1) is 22.8. The number of carbonyl (C=O) groups is 1. The maximum Gasteiger partial charge on any atom is 0.264 e. The number of unbranched alkanes of at least 4 members (excludes halogenated alkanes) is 1. The molecule has 0 fully saturated rings. The van der Waals surface area contributed by atoms with E-state index in [0.717, 1.165) is 70.4 Å². The van der Waals surface area contributed by atoms with Gasteiger partial charge in [0.25, 0.3) is 10.0 Å². The zero-order chi connectivity index (χ0) is 32.8. The highest BCUT2D eigenvalue weighted by Gasteiger charge is 2.23. The van der Waals surface area contributed by atoms with Crippen LogP contribution in [0.1, 0.15) is 43.5 Å². The van der Waals surface area contributed by atoms with E-state index in [2.05, 4.69) is 40.7 Å². The Hall–Kier alpha value is -4.93. The summed E-state index contributed by atoms with van der Waals surface area (Å²) in [5, 5.41) is 0. The molecule has 4 aromatic carbocycles. The van der Waals surface area contributed by atoms with Crippen molar-refractivity contribution >= 4 is 15.9 Å². The molecule has 9 nitrogen and oxygen atoms in total. The maximum absolute atomic E-state index is 12.6. The Morgan fingerprint density at radius 1 is 0.830 bits per heavy atom. The molecular formula is C37H38N4O5S. The van der Waals surface area contributed by atoms with E-state index in [9.17, 15) is 13.2 Å². The summed E-state index contributed by atoms with van der Waals surface area (Å²) in [6.45, 7) is 6.10. The van der Waals surface area contributed by atoms with Crippen LogP contribution in [0.4, 0.5) is 0 Å². The number of nitrogens with zero attached hydrogens (tertiary/aromatic N) is 3. The first-order valence-corrected chi connectivity index (χ1v) is 17.2. The Morgan fingerprint density at radius 3 is 2.15 bits per heavy atom. The van der Waals surface area contributed by atoms with Crippen LogP contribution in [-0.4, -0.2) is 35.6 Å². The summed E-state index contributed by atoms with van der Waals surface area (Å²) < 4.78 is 40.8. The number of amides is 1. The van der Waals surface area contributed by atoms with Gasteiger partial charge in [-0.15, -0.1) is 0 Å². The van der Waals surface area contributed by atoms with Crippen molar-refractivity contribution in [3.8, 4) is 34.1 Å². The van der Waals surface area contributed by atoms with Gasteiger partial charge in [-0.3, -0.25) is 9.69 Å². The SMILES string of the molecule is CCCCn1c(-c2ccccc2)nc(-c2ccccc2)c1CN(Cc1ccc(S(=O)(=O)NC(C)=O)cc1)Cc1ccc2c(c1)OCO2. The maximum atomic E-state index is 12.6. The van der Waals surface area contributed by atoms with Gasteiger partial charge in [-0.2, -0.15) is 0 Å². The summed E-state index contributed by atoms with van der Waals surface area (Å²) in [4.78, 5) is 19.1. The van der Waals surface area contributed by atoms with Crippen LogP contribution in [0.15, 0.2) is 108 Å². The molecule has 0 atom stereocenters. The number of ether oxygens (including phenoxy) is 2. The molecule has 5 aromatic rings. The third kappa shape index (κ3) is 7.56. The fraction of sp³-hybridized carbons (Fsp3) is 0.243. The number of sulfonamides is 1. The first-order valence-electron chi connectivity index (χ1n) is 15.7. The lowest BCUT2D eigenvalue weighted by molar-refractivity contribution is -0.117. The Balaban J connectivity index is 1.41. The van der Waals surface area contributed by atoms with E-state index < -0.39 is 15.9 Å². The molecule has 1 amide bonds. The number of hydrogen-bond acceptors (Lipinski definition) is 7. The second kappa shape index (κ2) is 14.2. The minimum Gasteiger partial charge on any atom is -0.454 e. The minimum absolute atomic E-state index is 0.0373. The van der Waals surface area contributed by atoms with Crippen molar-refractivity contribution in [2.24, 2.45) is 0 Å². The van der Waals surface area contributed by atoms with Crippen LogP contribution >= 0.6 is 0 Å². The molecule has 0 aliphatic carbocycles. The van der Waals surface area contributed by atoms with Gasteiger partial charge in [0, 0.05) is 44.2 Å². The van der Waals surface area contributed by atoms with E-state index >= 15 is 0 Å². The normalized spacial score (nSPS) is 12.4. The highest BCUT2D eigenvalue weighted by molar-refractivity contribution is 7.90. The standard InChI is InChI=1S/C37H38N4O5S/c1-3-4-21-41-33(36(30-11-7-5-8-12-30)38-37(41)31-13-9-6-10-14-31)25-40(24-29-17-20-34-35(22-29)46-26-45-34)23-28-15-18-32(19-16-28)47(43,44)39-27(2)42/h5-20,22H,3-4,21,23-26H2,1-2H3,(H,39,42). The molecule has 0 radical (unpaired) electrons. The van der Waals surface area contributed by atoms with Crippen molar-refractivity contribution in [1.29, 1.82) is 0 Å². The third-order valence-corrected chi connectivity index (χ3v) is 9.47. The Bertz CT molecular complexity index is 1940. The van der Waals surface area contributed by atoms with E-state index in [-0.39, 0.29) is 11.7 Å². The molecular weight excluding hydrogens is 612 g/mol. The molecule has 47 heavy (non-hydrogen) atoms. The van der Waals surface area contributed by atoms with Crippen LogP contribution in [0.25, 0.3) is 22.6 Å². The van der Waals surface area contributed by atoms with Gasteiger partial charge in [-0.25, -0.2) is 18.1 Å². The molecule has 2 heterocycles. The molecule has 0 unspecified atom stereocenters. The van der Waals surface area contributed by atoms with E-state index in [1.807, 2.05) is 59.3 Å². The number of rotatable bonds is 13. The average molecular weight is 651 g/mol. The molecule has 1 aromatic heterocycles. The summed E-state index contributed by atoms with van der Waals surface area (Å²) in [6, 6.07) is 33.2. The molecule has 0 saturated carbocycles. The quantitative estimate of drug-likeness (QED) is 0.150. The molecule has 0 spiro atoms. The topological polar surface area (TPSA) is 103 Å². The molecule has 10 heteroatoms. The molecule has 6 rings (SSSR count). The molecule has 0 bridgehead atoms. The number of aromatic nitrogens is 2. The summed E-state index contributed by atoms with van der Waals surface area (Å²) in [5.74, 6) is 1.75. The molecule has 242 valence electrons. The lowest BCUT2D eigenvalue weighted by Gasteiger charge is -2.25. The average Bonchev–Trinajstić information content (AvgIpc) is 3.68. The van der Waals surface area contributed by atoms with Gasteiger partial charge < -0.3 is 14.0 Å². The van der Waals surface area contributed by atoms with Crippen molar-refractivity contribution in [3.63, 3.8) is 0 Å². The highest BCUT2D eigenvalue weighted by atomic mass is 32.2. The molecule has 0 saturated heterocycles. The van der Waals surface area contributed by atoms with Crippen LogP contribution in [0, 0.1) is 0 Å². The number of benzene rings is 4. The summed E-state index contributed by atoms with van der Waals surface area (Å²) in [6.07, 6.45) is 2.05. The molecule has 1 aliphatic heterocycles. The van der Waals surface area contributed by atoms with Gasteiger partial charge in [0.1, 0.15) is 5.82 Å². The van der Waals surface area contributed by atoms with E-state index in [0.29, 0.717) is 19.6 Å². The zero-order valence-electron chi connectivity index (χ0n) is 26.6. The predicted molar refractivity (Wildman–Crippen MR) is 181 cm³/mol. The zero-order valence-corrected chi connectivity index (χ0v) is 27.4. The third-order valence-electron chi connectivity index (χ3n) is 8.02. The second-order valence-corrected chi connectivity index (χ2v) is 13.3. The van der Waals surface area contributed by atoms with Gasteiger partial charge in [-0.05, 0) is 41.8 Å². The summed E-state index contributed by atoms with van der Waals surface area (Å²) in [7, 11) is -3.93. The van der Waals surface area contributed by atoms with Crippen LogP contribution in [0.3, 0.4) is 0 Å². The molecule has 1 aliphatic rings. The number of imidazole rings is 1. The second-order valence-electron chi connectivity index (χ2n) is 11.6. The lowest BCUT2D eigenvalue weighted by Crippen LogP contribution is -2.28. The van der Waals surface area contributed by atoms with E-state index in [4.69, 9.17) is 14.5 Å². The number of nitrogens with one attached hydrogen (secondary N) is 1. The summed E-state index contributed by atoms with van der Waals surface area (Å²) in [5.41, 5.74) is 6.14. The van der Waals surface area contributed by atoms with Gasteiger partial charge in [0.05, 0.1) is 16.3 Å². The van der Waals surface area contributed by atoms with Crippen LogP contribution in [-0.2, 0) is 41.0 Å². The van der Waals surface area contributed by atoms with E-state index in [1.165, 1.54) is 19.1 Å². The van der Waals surface area contributed by atoms with E-state index in [1.54, 1.807) is 12.1 Å². The van der Waals surface area contributed by atoms with Gasteiger partial charge in [0.15, 0.2) is 11.5 Å². The Kier molecular flexibility index (Phi) is 9.70.